The molecule has 0 bridgehead atoms. The van der Waals surface area contributed by atoms with Gasteiger partial charge in [0.25, 0.3) is 5.91 Å². The number of methoxy groups -OCH3 is 1. The molecule has 18 heavy (non-hydrogen) atoms. The fourth-order valence-electron chi connectivity index (χ4n) is 1.94. The fourth-order valence-corrected chi connectivity index (χ4v) is 1.94. The largest absolute Gasteiger partial charge is 0.497 e. The topological polar surface area (TPSA) is 55.6 Å². The SMILES string of the molecule is CCCc1nc(C(=O)NC)c2cc(OC)ccn12. The minimum atomic E-state index is -0.178. The third-order valence-electron chi connectivity index (χ3n) is 2.84. The highest BCUT2D eigenvalue weighted by Gasteiger charge is 2.16. The standard InChI is InChI=1S/C13H17N3O2/c1-4-5-11-15-12(13(17)14-2)10-8-9(18-3)6-7-16(10)11/h6-8H,4-5H2,1-3H3,(H,14,17). The molecule has 0 spiro atoms. The molecule has 5 nitrogen and oxygen atoms in total. The number of ether oxygens (including phenoxy) is 1. The zero-order valence-corrected chi connectivity index (χ0v) is 10.9. The molecule has 2 aromatic heterocycles. The lowest BCUT2D eigenvalue weighted by molar-refractivity contribution is 0.0960. The van der Waals surface area contributed by atoms with Crippen LogP contribution in [-0.4, -0.2) is 29.4 Å². The predicted octanol–water partition coefficient (Wildman–Crippen LogP) is 1.66. The van der Waals surface area contributed by atoms with Gasteiger partial charge in [0.2, 0.25) is 0 Å². The molecule has 1 N–H and O–H groups in total. The Balaban J connectivity index is 2.64. The highest BCUT2D eigenvalue weighted by atomic mass is 16.5. The monoisotopic (exact) mass is 247 g/mol. The second kappa shape index (κ2) is 5.08. The average molecular weight is 247 g/mol. The van der Waals surface area contributed by atoms with Gasteiger partial charge in [-0.15, -0.1) is 0 Å². The van der Waals surface area contributed by atoms with Crippen LogP contribution >= 0.6 is 0 Å². The smallest absolute Gasteiger partial charge is 0.271 e. The number of carbonyl (C=O) groups is 1. The molecule has 2 heterocycles. The first-order valence-electron chi connectivity index (χ1n) is 5.98. The van der Waals surface area contributed by atoms with Crippen molar-refractivity contribution in [2.45, 2.75) is 19.8 Å². The maximum atomic E-state index is 11.8. The molecule has 5 heteroatoms. The van der Waals surface area contributed by atoms with E-state index < -0.39 is 0 Å². The summed E-state index contributed by atoms with van der Waals surface area (Å²) in [5.41, 5.74) is 1.22. The zero-order valence-electron chi connectivity index (χ0n) is 10.9. The van der Waals surface area contributed by atoms with Gasteiger partial charge >= 0.3 is 0 Å². The van der Waals surface area contributed by atoms with Crippen LogP contribution in [0.1, 0.15) is 29.7 Å². The van der Waals surface area contributed by atoms with E-state index in [4.69, 9.17) is 4.74 Å². The number of aryl methyl sites for hydroxylation is 1. The summed E-state index contributed by atoms with van der Waals surface area (Å²) in [5.74, 6) is 1.44. The number of amides is 1. The molecule has 96 valence electrons. The van der Waals surface area contributed by atoms with Gasteiger partial charge in [0.1, 0.15) is 11.6 Å². The molecule has 2 aromatic rings. The summed E-state index contributed by atoms with van der Waals surface area (Å²) in [6.45, 7) is 2.09. The number of imidazole rings is 1. The molecule has 0 unspecified atom stereocenters. The van der Waals surface area contributed by atoms with Crippen LogP contribution in [0.25, 0.3) is 5.52 Å². The van der Waals surface area contributed by atoms with Gasteiger partial charge in [-0.2, -0.15) is 0 Å². The minimum absolute atomic E-state index is 0.178. The molecule has 0 aliphatic rings. The second-order valence-corrected chi connectivity index (χ2v) is 4.03. The van der Waals surface area contributed by atoms with E-state index in [0.29, 0.717) is 5.69 Å². The normalized spacial score (nSPS) is 10.6. The summed E-state index contributed by atoms with van der Waals surface area (Å²) in [4.78, 5) is 16.2. The lowest BCUT2D eigenvalue weighted by atomic mass is 10.3. The Morgan fingerprint density at radius 1 is 1.56 bits per heavy atom. The zero-order chi connectivity index (χ0) is 13.1. The number of nitrogens with zero attached hydrogens (tertiary/aromatic N) is 2. The maximum absolute atomic E-state index is 11.8. The van der Waals surface area contributed by atoms with Gasteiger partial charge < -0.3 is 14.5 Å². The number of fused-ring (bicyclic) bond motifs is 1. The van der Waals surface area contributed by atoms with Gasteiger partial charge in [0.15, 0.2) is 5.69 Å². The van der Waals surface area contributed by atoms with Gasteiger partial charge in [-0.1, -0.05) is 6.92 Å². The molecule has 0 aliphatic carbocycles. The van der Waals surface area contributed by atoms with Crippen molar-refractivity contribution in [2.75, 3.05) is 14.2 Å². The lowest BCUT2D eigenvalue weighted by Crippen LogP contribution is -2.18. The Hall–Kier alpha value is -2.04. The average Bonchev–Trinajstić information content (AvgIpc) is 2.76. The van der Waals surface area contributed by atoms with E-state index in [1.165, 1.54) is 0 Å². The first kappa shape index (κ1) is 12.4. The Labute approximate surface area is 106 Å². The van der Waals surface area contributed by atoms with E-state index in [-0.39, 0.29) is 5.91 Å². The van der Waals surface area contributed by atoms with Gasteiger partial charge in [0.05, 0.1) is 12.6 Å². The molecular weight excluding hydrogens is 230 g/mol. The van der Waals surface area contributed by atoms with Gasteiger partial charge in [-0.25, -0.2) is 4.98 Å². The summed E-state index contributed by atoms with van der Waals surface area (Å²) in [7, 11) is 3.21. The van der Waals surface area contributed by atoms with E-state index in [1.807, 2.05) is 22.7 Å². The van der Waals surface area contributed by atoms with Gasteiger partial charge in [-0.05, 0) is 12.5 Å². The van der Waals surface area contributed by atoms with E-state index >= 15 is 0 Å². The molecule has 0 saturated carbocycles. The predicted molar refractivity (Wildman–Crippen MR) is 69.1 cm³/mol. The number of nitrogens with one attached hydrogen (secondary N) is 1. The van der Waals surface area contributed by atoms with Crippen LogP contribution in [0.2, 0.25) is 0 Å². The first-order valence-corrected chi connectivity index (χ1v) is 5.98. The van der Waals surface area contributed by atoms with Crippen LogP contribution in [0.15, 0.2) is 18.3 Å². The molecule has 0 aliphatic heterocycles. The summed E-state index contributed by atoms with van der Waals surface area (Å²) >= 11 is 0. The minimum Gasteiger partial charge on any atom is -0.497 e. The van der Waals surface area contributed by atoms with Crippen molar-refractivity contribution in [1.29, 1.82) is 0 Å². The number of aromatic nitrogens is 2. The van der Waals surface area contributed by atoms with Crippen molar-refractivity contribution in [3.63, 3.8) is 0 Å². The van der Waals surface area contributed by atoms with Crippen LogP contribution in [0.5, 0.6) is 5.75 Å². The Kier molecular flexibility index (Phi) is 3.50. The summed E-state index contributed by atoms with van der Waals surface area (Å²) in [6.07, 6.45) is 3.71. The third-order valence-corrected chi connectivity index (χ3v) is 2.84. The van der Waals surface area contributed by atoms with Crippen LogP contribution in [0.3, 0.4) is 0 Å². The number of hydrogen-bond donors (Lipinski definition) is 1. The Morgan fingerprint density at radius 2 is 2.33 bits per heavy atom. The third kappa shape index (κ3) is 2.03. The number of hydrogen-bond acceptors (Lipinski definition) is 3. The number of pyridine rings is 1. The summed E-state index contributed by atoms with van der Waals surface area (Å²) in [6, 6.07) is 3.69. The number of carbonyl (C=O) groups excluding carboxylic acids is 1. The molecule has 0 aromatic carbocycles. The fraction of sp³-hybridized carbons (Fsp3) is 0.385. The highest BCUT2D eigenvalue weighted by Crippen LogP contribution is 2.20. The molecule has 0 saturated heterocycles. The molecular formula is C13H17N3O2. The molecule has 0 atom stereocenters. The maximum Gasteiger partial charge on any atom is 0.271 e. The van der Waals surface area contributed by atoms with Crippen molar-refractivity contribution in [2.24, 2.45) is 0 Å². The molecule has 1 amide bonds. The molecule has 0 fully saturated rings. The van der Waals surface area contributed by atoms with E-state index in [9.17, 15) is 4.79 Å². The highest BCUT2D eigenvalue weighted by molar-refractivity contribution is 5.99. The van der Waals surface area contributed by atoms with Crippen LogP contribution in [-0.2, 0) is 6.42 Å². The van der Waals surface area contributed by atoms with Gasteiger partial charge in [0, 0.05) is 25.7 Å². The van der Waals surface area contributed by atoms with Crippen LogP contribution < -0.4 is 10.1 Å². The van der Waals surface area contributed by atoms with Crippen molar-refractivity contribution < 1.29 is 9.53 Å². The Bertz CT molecular complexity index is 575. The second-order valence-electron chi connectivity index (χ2n) is 4.03. The van der Waals surface area contributed by atoms with Crippen molar-refractivity contribution in [3.8, 4) is 5.75 Å². The van der Waals surface area contributed by atoms with Crippen LogP contribution in [0.4, 0.5) is 0 Å². The lowest BCUT2D eigenvalue weighted by Gasteiger charge is -2.03. The van der Waals surface area contributed by atoms with E-state index in [2.05, 4.69) is 17.2 Å². The van der Waals surface area contributed by atoms with E-state index in [1.54, 1.807) is 14.2 Å². The first-order chi connectivity index (χ1) is 8.71. The van der Waals surface area contributed by atoms with Gasteiger partial charge in [-0.3, -0.25) is 4.79 Å². The van der Waals surface area contributed by atoms with Crippen molar-refractivity contribution in [3.05, 3.63) is 29.8 Å². The molecule has 0 radical (unpaired) electrons. The van der Waals surface area contributed by atoms with E-state index in [0.717, 1.165) is 29.9 Å². The van der Waals surface area contributed by atoms with Crippen molar-refractivity contribution >= 4 is 11.4 Å². The number of rotatable bonds is 4. The summed E-state index contributed by atoms with van der Waals surface area (Å²) < 4.78 is 7.13. The van der Waals surface area contributed by atoms with Crippen molar-refractivity contribution in [1.82, 2.24) is 14.7 Å². The summed E-state index contributed by atoms with van der Waals surface area (Å²) in [5, 5.41) is 2.61. The van der Waals surface area contributed by atoms with Crippen LogP contribution in [0, 0.1) is 0 Å². The Morgan fingerprint density at radius 3 is 2.94 bits per heavy atom. The quantitative estimate of drug-likeness (QED) is 0.893. The molecule has 2 rings (SSSR count).